The van der Waals surface area contributed by atoms with Crippen molar-refractivity contribution in [1.82, 2.24) is 9.55 Å². The Morgan fingerprint density at radius 1 is 0.931 bits per heavy atom. The number of aromatic nitrogens is 2. The van der Waals surface area contributed by atoms with E-state index in [1.807, 2.05) is 48.5 Å². The molecule has 0 atom stereocenters. The molecule has 0 aliphatic carbocycles. The zero-order valence-corrected chi connectivity index (χ0v) is 16.5. The van der Waals surface area contributed by atoms with Crippen molar-refractivity contribution in [2.75, 3.05) is 5.32 Å². The number of carbonyl (C=O) groups excluding carboxylic acids is 1. The molecule has 5 heteroatoms. The van der Waals surface area contributed by atoms with Gasteiger partial charge in [0.1, 0.15) is 11.3 Å². The fourth-order valence-electron chi connectivity index (χ4n) is 3.44. The molecule has 2 aromatic carbocycles. The average Bonchev–Trinajstić information content (AvgIpc) is 3.18. The molecule has 0 saturated heterocycles. The lowest BCUT2D eigenvalue weighted by molar-refractivity contribution is 0.102. The van der Waals surface area contributed by atoms with E-state index < -0.39 is 0 Å². The summed E-state index contributed by atoms with van der Waals surface area (Å²) in [6.45, 7) is 4.17. The summed E-state index contributed by atoms with van der Waals surface area (Å²) in [6, 6.07) is 20.7. The predicted molar refractivity (Wildman–Crippen MR) is 117 cm³/mol. The molecule has 146 valence electrons. The molecule has 0 aliphatic heterocycles. The van der Waals surface area contributed by atoms with Crippen LogP contribution in [0.4, 0.5) is 5.69 Å². The molecule has 5 nitrogen and oxygen atoms in total. The van der Waals surface area contributed by atoms with Crippen LogP contribution in [-0.4, -0.2) is 15.5 Å². The van der Waals surface area contributed by atoms with Crippen LogP contribution in [0.3, 0.4) is 0 Å². The lowest BCUT2D eigenvalue weighted by Gasteiger charge is -2.08. The third kappa shape index (κ3) is 3.72. The molecule has 2 heterocycles. The van der Waals surface area contributed by atoms with E-state index in [0.717, 1.165) is 35.2 Å². The van der Waals surface area contributed by atoms with Crippen molar-refractivity contribution in [1.29, 1.82) is 0 Å². The Hall–Kier alpha value is -3.60. The molecule has 1 amide bonds. The van der Waals surface area contributed by atoms with Crippen LogP contribution in [0, 0.1) is 0 Å². The number of rotatable bonds is 5. The van der Waals surface area contributed by atoms with E-state index >= 15 is 0 Å². The Bertz CT molecular complexity index is 1230. The van der Waals surface area contributed by atoms with Crippen molar-refractivity contribution in [3.8, 4) is 5.69 Å². The van der Waals surface area contributed by atoms with E-state index in [1.165, 1.54) is 11.6 Å². The zero-order valence-electron chi connectivity index (χ0n) is 16.5. The third-order valence-corrected chi connectivity index (χ3v) is 5.12. The van der Waals surface area contributed by atoms with Gasteiger partial charge in [0.2, 0.25) is 0 Å². The van der Waals surface area contributed by atoms with Crippen molar-refractivity contribution in [2.24, 2.45) is 0 Å². The molecule has 0 spiro atoms. The van der Waals surface area contributed by atoms with Crippen LogP contribution in [0.5, 0.6) is 0 Å². The Morgan fingerprint density at radius 2 is 1.69 bits per heavy atom. The second kappa shape index (κ2) is 7.80. The fourth-order valence-corrected chi connectivity index (χ4v) is 3.44. The second-order valence-electron chi connectivity index (χ2n) is 7.02. The summed E-state index contributed by atoms with van der Waals surface area (Å²) in [5, 5.41) is 3.73. The summed E-state index contributed by atoms with van der Waals surface area (Å²) in [4.78, 5) is 28.5. The standard InChI is InChI=1S/C24H23N3O2/c1-3-16-8-11-20(12-9-16)27-22(28)13-10-18-15-21(26-23(18)27)24(29)25-19-7-5-6-17(4-2)14-19/h5-15,26H,3-4H2,1-2H3,(H,25,29). The van der Waals surface area contributed by atoms with Gasteiger partial charge >= 0.3 is 0 Å². The van der Waals surface area contributed by atoms with Crippen LogP contribution in [0.1, 0.15) is 35.5 Å². The molecular formula is C24H23N3O2. The van der Waals surface area contributed by atoms with E-state index in [2.05, 4.69) is 24.1 Å². The lowest BCUT2D eigenvalue weighted by Crippen LogP contribution is -2.17. The van der Waals surface area contributed by atoms with Gasteiger partial charge in [0.15, 0.2) is 0 Å². The number of fused-ring (bicyclic) bond motifs is 1. The first kappa shape index (κ1) is 18.7. The minimum Gasteiger partial charge on any atom is -0.336 e. The first-order valence-corrected chi connectivity index (χ1v) is 9.83. The fraction of sp³-hybridized carbons (Fsp3) is 0.167. The number of anilines is 1. The van der Waals surface area contributed by atoms with Crippen LogP contribution in [0.25, 0.3) is 16.7 Å². The van der Waals surface area contributed by atoms with E-state index in [-0.39, 0.29) is 11.5 Å². The van der Waals surface area contributed by atoms with Gasteiger partial charge in [0.25, 0.3) is 11.5 Å². The van der Waals surface area contributed by atoms with Gasteiger partial charge in [0.05, 0.1) is 5.69 Å². The number of aryl methyl sites for hydroxylation is 2. The first-order chi connectivity index (χ1) is 14.1. The Kier molecular flexibility index (Phi) is 5.04. The SMILES string of the molecule is CCc1ccc(-n2c(=O)ccc3cc(C(=O)Nc4cccc(CC)c4)[nH]c32)cc1. The number of nitrogens with zero attached hydrogens (tertiary/aromatic N) is 1. The predicted octanol–water partition coefficient (Wildman–Crippen LogP) is 4.70. The number of nitrogens with one attached hydrogen (secondary N) is 2. The number of hydrogen-bond donors (Lipinski definition) is 2. The number of hydrogen-bond acceptors (Lipinski definition) is 2. The molecule has 0 bridgehead atoms. The van der Waals surface area contributed by atoms with Crippen molar-refractivity contribution >= 4 is 22.6 Å². The topological polar surface area (TPSA) is 66.9 Å². The van der Waals surface area contributed by atoms with E-state index in [0.29, 0.717) is 11.3 Å². The summed E-state index contributed by atoms with van der Waals surface area (Å²) in [5.74, 6) is -0.241. The summed E-state index contributed by atoms with van der Waals surface area (Å²) in [5.41, 5.74) is 4.74. The van der Waals surface area contributed by atoms with Crippen LogP contribution < -0.4 is 10.9 Å². The molecule has 4 aromatic rings. The van der Waals surface area contributed by atoms with Crippen molar-refractivity contribution in [3.05, 3.63) is 93.9 Å². The van der Waals surface area contributed by atoms with E-state index in [9.17, 15) is 9.59 Å². The maximum absolute atomic E-state index is 12.8. The van der Waals surface area contributed by atoms with Crippen LogP contribution in [-0.2, 0) is 12.8 Å². The Morgan fingerprint density at radius 3 is 2.41 bits per heavy atom. The molecular weight excluding hydrogens is 362 g/mol. The number of benzene rings is 2. The van der Waals surface area contributed by atoms with E-state index in [1.54, 1.807) is 16.7 Å². The summed E-state index contributed by atoms with van der Waals surface area (Å²) in [6.07, 6.45) is 1.84. The van der Waals surface area contributed by atoms with Crippen molar-refractivity contribution < 1.29 is 4.79 Å². The molecule has 0 fully saturated rings. The van der Waals surface area contributed by atoms with Crippen molar-refractivity contribution in [2.45, 2.75) is 26.7 Å². The highest BCUT2D eigenvalue weighted by Crippen LogP contribution is 2.19. The average molecular weight is 385 g/mol. The highest BCUT2D eigenvalue weighted by atomic mass is 16.2. The lowest BCUT2D eigenvalue weighted by atomic mass is 10.1. The normalized spacial score (nSPS) is 11.0. The quantitative estimate of drug-likeness (QED) is 0.523. The highest BCUT2D eigenvalue weighted by Gasteiger charge is 2.14. The van der Waals surface area contributed by atoms with Crippen LogP contribution >= 0.6 is 0 Å². The van der Waals surface area contributed by atoms with Gasteiger partial charge in [-0.15, -0.1) is 0 Å². The maximum atomic E-state index is 12.8. The van der Waals surface area contributed by atoms with Gasteiger partial charge in [-0.25, -0.2) is 0 Å². The number of H-pyrrole nitrogens is 1. The molecule has 4 rings (SSSR count). The summed E-state index contributed by atoms with van der Waals surface area (Å²) in [7, 11) is 0. The van der Waals surface area contributed by atoms with Gasteiger partial charge in [0, 0.05) is 17.1 Å². The maximum Gasteiger partial charge on any atom is 0.272 e. The molecule has 0 radical (unpaired) electrons. The largest absolute Gasteiger partial charge is 0.336 e. The third-order valence-electron chi connectivity index (χ3n) is 5.12. The number of carbonyl (C=O) groups is 1. The molecule has 2 aromatic heterocycles. The van der Waals surface area contributed by atoms with Gasteiger partial charge in [-0.2, -0.15) is 0 Å². The second-order valence-corrected chi connectivity index (χ2v) is 7.02. The van der Waals surface area contributed by atoms with Gasteiger partial charge < -0.3 is 10.3 Å². The Labute approximate surface area is 169 Å². The first-order valence-electron chi connectivity index (χ1n) is 9.83. The highest BCUT2D eigenvalue weighted by molar-refractivity contribution is 6.05. The molecule has 0 unspecified atom stereocenters. The zero-order chi connectivity index (χ0) is 20.4. The summed E-state index contributed by atoms with van der Waals surface area (Å²) < 4.78 is 1.60. The molecule has 29 heavy (non-hydrogen) atoms. The van der Waals surface area contributed by atoms with Gasteiger partial charge in [-0.05, 0) is 60.4 Å². The molecule has 0 saturated carbocycles. The number of amides is 1. The van der Waals surface area contributed by atoms with E-state index in [4.69, 9.17) is 0 Å². The minimum absolute atomic E-state index is 0.147. The molecule has 2 N–H and O–H groups in total. The molecule has 0 aliphatic rings. The summed E-state index contributed by atoms with van der Waals surface area (Å²) >= 11 is 0. The smallest absolute Gasteiger partial charge is 0.272 e. The van der Waals surface area contributed by atoms with Gasteiger partial charge in [-0.3, -0.25) is 14.2 Å². The van der Waals surface area contributed by atoms with Crippen LogP contribution in [0.15, 0.2) is 71.5 Å². The number of aromatic amines is 1. The monoisotopic (exact) mass is 385 g/mol. The van der Waals surface area contributed by atoms with Crippen molar-refractivity contribution in [3.63, 3.8) is 0 Å². The Balaban J connectivity index is 1.72. The van der Waals surface area contributed by atoms with Crippen LogP contribution in [0.2, 0.25) is 0 Å². The number of pyridine rings is 1. The minimum atomic E-state index is -0.241. The van der Waals surface area contributed by atoms with Gasteiger partial charge in [-0.1, -0.05) is 38.1 Å².